The third-order valence-corrected chi connectivity index (χ3v) is 2.98. The number of hydrogen-bond acceptors (Lipinski definition) is 2. The average molecular weight is 263 g/mol. The lowest BCUT2D eigenvalue weighted by Gasteiger charge is -2.10. The second kappa shape index (κ2) is 8.57. The topological polar surface area (TPSA) is 29.5 Å². The summed E-state index contributed by atoms with van der Waals surface area (Å²) in [5.74, 6) is 1.16. The van der Waals surface area contributed by atoms with Crippen molar-refractivity contribution in [2.45, 2.75) is 39.0 Å². The third kappa shape index (κ3) is 6.27. The maximum absolute atomic E-state index is 11.4. The van der Waals surface area contributed by atoms with Gasteiger partial charge in [0, 0.05) is 20.5 Å². The van der Waals surface area contributed by atoms with Crippen molar-refractivity contribution in [3.05, 3.63) is 29.8 Å². The molecule has 106 valence electrons. The van der Waals surface area contributed by atoms with E-state index in [1.165, 1.54) is 5.56 Å². The quantitative estimate of drug-likeness (QED) is 0.674. The van der Waals surface area contributed by atoms with Crippen LogP contribution >= 0.6 is 0 Å². The molecule has 0 aliphatic rings. The van der Waals surface area contributed by atoms with Crippen LogP contribution in [0.5, 0.6) is 5.75 Å². The molecule has 1 aromatic rings. The van der Waals surface area contributed by atoms with Crippen LogP contribution in [-0.4, -0.2) is 31.5 Å². The maximum Gasteiger partial charge on any atom is 0.222 e. The Bertz CT molecular complexity index is 388. The number of ether oxygens (including phenoxy) is 1. The number of carbonyl (C=O) groups is 1. The lowest BCUT2D eigenvalue weighted by atomic mass is 10.1. The van der Waals surface area contributed by atoms with E-state index in [2.05, 4.69) is 19.1 Å². The largest absolute Gasteiger partial charge is 0.494 e. The van der Waals surface area contributed by atoms with Gasteiger partial charge in [-0.25, -0.2) is 0 Å². The highest BCUT2D eigenvalue weighted by Crippen LogP contribution is 2.16. The Kier molecular flexibility index (Phi) is 7.01. The van der Waals surface area contributed by atoms with Crippen LogP contribution < -0.4 is 4.74 Å². The van der Waals surface area contributed by atoms with Gasteiger partial charge in [0.1, 0.15) is 5.75 Å². The molecule has 1 rings (SSSR count). The van der Waals surface area contributed by atoms with E-state index in [9.17, 15) is 4.79 Å². The molecule has 0 radical (unpaired) electrons. The van der Waals surface area contributed by atoms with E-state index in [1.807, 2.05) is 12.1 Å². The van der Waals surface area contributed by atoms with Gasteiger partial charge in [0.15, 0.2) is 0 Å². The molecule has 1 aromatic carbocycles. The number of rotatable bonds is 8. The van der Waals surface area contributed by atoms with Crippen molar-refractivity contribution in [2.24, 2.45) is 0 Å². The average Bonchev–Trinajstić information content (AvgIpc) is 2.41. The first-order valence-corrected chi connectivity index (χ1v) is 7.05. The van der Waals surface area contributed by atoms with Crippen molar-refractivity contribution in [1.82, 2.24) is 4.90 Å². The molecule has 0 fully saturated rings. The first-order chi connectivity index (χ1) is 9.13. The van der Waals surface area contributed by atoms with Crippen LogP contribution in [0.15, 0.2) is 24.3 Å². The molecule has 0 aliphatic heterocycles. The molecule has 0 unspecified atom stereocenters. The Morgan fingerprint density at radius 2 is 2.05 bits per heavy atom. The number of aryl methyl sites for hydroxylation is 1. The number of benzene rings is 1. The summed E-state index contributed by atoms with van der Waals surface area (Å²) in [6.07, 6.45) is 4.65. The summed E-state index contributed by atoms with van der Waals surface area (Å²) < 4.78 is 5.61. The second-order valence-electron chi connectivity index (χ2n) is 4.99. The molecule has 0 N–H and O–H groups in total. The summed E-state index contributed by atoms with van der Waals surface area (Å²) in [5.41, 5.74) is 1.28. The Morgan fingerprint density at radius 3 is 2.74 bits per heavy atom. The van der Waals surface area contributed by atoms with Crippen LogP contribution in [0.25, 0.3) is 0 Å². The smallest absolute Gasteiger partial charge is 0.222 e. The molecule has 0 atom stereocenters. The minimum atomic E-state index is 0.208. The molecule has 0 saturated heterocycles. The minimum Gasteiger partial charge on any atom is -0.494 e. The zero-order chi connectivity index (χ0) is 14.1. The van der Waals surface area contributed by atoms with E-state index in [1.54, 1.807) is 19.0 Å². The number of nitrogens with zero attached hydrogens (tertiary/aromatic N) is 1. The normalized spacial score (nSPS) is 10.3. The van der Waals surface area contributed by atoms with Crippen LogP contribution in [0.2, 0.25) is 0 Å². The zero-order valence-corrected chi connectivity index (χ0v) is 12.3. The molecule has 0 heterocycles. The summed E-state index contributed by atoms with van der Waals surface area (Å²) in [6.45, 7) is 2.87. The van der Waals surface area contributed by atoms with Gasteiger partial charge in [-0.15, -0.1) is 0 Å². The highest BCUT2D eigenvalue weighted by Gasteiger charge is 2.03. The van der Waals surface area contributed by atoms with Crippen molar-refractivity contribution in [3.63, 3.8) is 0 Å². The SMILES string of the molecule is CCCOc1cccc(CCCCC(=O)N(C)C)c1. The van der Waals surface area contributed by atoms with E-state index >= 15 is 0 Å². The Balaban J connectivity index is 2.31. The second-order valence-corrected chi connectivity index (χ2v) is 4.99. The molecule has 0 saturated carbocycles. The predicted octanol–water partition coefficient (Wildman–Crippen LogP) is 3.28. The lowest BCUT2D eigenvalue weighted by Crippen LogP contribution is -2.21. The number of amides is 1. The standard InChI is InChI=1S/C16H25NO2/c1-4-12-19-15-10-7-9-14(13-15)8-5-6-11-16(18)17(2)3/h7,9-10,13H,4-6,8,11-12H2,1-3H3. The van der Waals surface area contributed by atoms with E-state index in [0.29, 0.717) is 6.42 Å². The molecule has 0 bridgehead atoms. The first-order valence-electron chi connectivity index (χ1n) is 7.05. The van der Waals surface area contributed by atoms with Crippen LogP contribution in [0.4, 0.5) is 0 Å². The van der Waals surface area contributed by atoms with Crippen LogP contribution in [0.3, 0.4) is 0 Å². The van der Waals surface area contributed by atoms with Gasteiger partial charge in [-0.3, -0.25) is 4.79 Å². The third-order valence-electron chi connectivity index (χ3n) is 2.98. The lowest BCUT2D eigenvalue weighted by molar-refractivity contribution is -0.128. The van der Waals surface area contributed by atoms with Gasteiger partial charge < -0.3 is 9.64 Å². The first kappa shape index (κ1) is 15.5. The minimum absolute atomic E-state index is 0.208. The Hall–Kier alpha value is -1.51. The zero-order valence-electron chi connectivity index (χ0n) is 12.3. The van der Waals surface area contributed by atoms with Crippen molar-refractivity contribution in [3.8, 4) is 5.75 Å². The van der Waals surface area contributed by atoms with Gasteiger partial charge in [-0.05, 0) is 43.4 Å². The van der Waals surface area contributed by atoms with Gasteiger partial charge in [0.05, 0.1) is 6.61 Å². The highest BCUT2D eigenvalue weighted by molar-refractivity contribution is 5.75. The van der Waals surface area contributed by atoms with E-state index in [0.717, 1.165) is 38.0 Å². The van der Waals surface area contributed by atoms with E-state index in [-0.39, 0.29) is 5.91 Å². The van der Waals surface area contributed by atoms with Gasteiger partial charge >= 0.3 is 0 Å². The number of hydrogen-bond donors (Lipinski definition) is 0. The summed E-state index contributed by atoms with van der Waals surface area (Å²) in [4.78, 5) is 13.1. The molecular weight excluding hydrogens is 238 g/mol. The highest BCUT2D eigenvalue weighted by atomic mass is 16.5. The summed E-state index contributed by atoms with van der Waals surface area (Å²) in [6, 6.07) is 8.25. The number of unbranched alkanes of at least 4 members (excludes halogenated alkanes) is 1. The van der Waals surface area contributed by atoms with Crippen molar-refractivity contribution < 1.29 is 9.53 Å². The monoisotopic (exact) mass is 263 g/mol. The van der Waals surface area contributed by atoms with Gasteiger partial charge in [-0.1, -0.05) is 19.1 Å². The molecule has 1 amide bonds. The van der Waals surface area contributed by atoms with Crippen LogP contribution in [0, 0.1) is 0 Å². The molecule has 3 heteroatoms. The molecule has 0 aliphatic carbocycles. The summed E-state index contributed by atoms with van der Waals surface area (Å²) in [5, 5.41) is 0. The fraction of sp³-hybridized carbons (Fsp3) is 0.562. The fourth-order valence-electron chi connectivity index (χ4n) is 1.84. The van der Waals surface area contributed by atoms with Gasteiger partial charge in [0.25, 0.3) is 0 Å². The van der Waals surface area contributed by atoms with E-state index in [4.69, 9.17) is 4.74 Å². The predicted molar refractivity (Wildman–Crippen MR) is 78.5 cm³/mol. The summed E-state index contributed by atoms with van der Waals surface area (Å²) in [7, 11) is 3.60. The van der Waals surface area contributed by atoms with Crippen LogP contribution in [-0.2, 0) is 11.2 Å². The fourth-order valence-corrected chi connectivity index (χ4v) is 1.84. The van der Waals surface area contributed by atoms with Gasteiger partial charge in [-0.2, -0.15) is 0 Å². The van der Waals surface area contributed by atoms with E-state index < -0.39 is 0 Å². The maximum atomic E-state index is 11.4. The molecule has 0 aromatic heterocycles. The molecular formula is C16H25NO2. The number of carbonyl (C=O) groups excluding carboxylic acids is 1. The summed E-state index contributed by atoms with van der Waals surface area (Å²) >= 11 is 0. The Morgan fingerprint density at radius 1 is 1.26 bits per heavy atom. The van der Waals surface area contributed by atoms with Crippen molar-refractivity contribution in [1.29, 1.82) is 0 Å². The molecule has 0 spiro atoms. The van der Waals surface area contributed by atoms with Gasteiger partial charge in [0.2, 0.25) is 5.91 Å². The van der Waals surface area contributed by atoms with Crippen LogP contribution in [0.1, 0.15) is 38.2 Å². The Labute approximate surface area is 116 Å². The van der Waals surface area contributed by atoms with Crippen molar-refractivity contribution >= 4 is 5.91 Å². The van der Waals surface area contributed by atoms with Crippen molar-refractivity contribution in [2.75, 3.05) is 20.7 Å². The molecule has 19 heavy (non-hydrogen) atoms. The molecule has 3 nitrogen and oxygen atoms in total.